The van der Waals surface area contributed by atoms with Gasteiger partial charge in [-0.25, -0.2) is 9.18 Å². The van der Waals surface area contributed by atoms with Crippen LogP contribution in [0.25, 0.3) is 10.9 Å². The Bertz CT molecular complexity index is 1390. The van der Waals surface area contributed by atoms with Crippen molar-refractivity contribution in [3.8, 4) is 5.75 Å². The van der Waals surface area contributed by atoms with E-state index in [9.17, 15) is 23.6 Å². The Balaban J connectivity index is 1.51. The van der Waals surface area contributed by atoms with E-state index in [1.165, 1.54) is 39.9 Å². The summed E-state index contributed by atoms with van der Waals surface area (Å²) in [5.74, 6) is -2.99. The van der Waals surface area contributed by atoms with Crippen LogP contribution in [0.4, 0.5) is 4.39 Å². The third-order valence-electron chi connectivity index (χ3n) is 6.15. The topological polar surface area (TPSA) is 144 Å². The number of nitrogens with two attached hydrogens (primary N) is 1. The lowest BCUT2D eigenvalue weighted by molar-refractivity contribution is -0.139. The number of halogens is 2. The van der Waals surface area contributed by atoms with Gasteiger partial charge in [0.15, 0.2) is 6.61 Å². The number of hydrogen-bond acceptors (Lipinski definition) is 5. The quantitative estimate of drug-likeness (QED) is 0.387. The molecule has 0 saturated carbocycles. The van der Waals surface area contributed by atoms with Gasteiger partial charge in [-0.1, -0.05) is 23.7 Å². The molecular formula is C25H24ClFN4O6. The number of carbonyl (C=O) groups is 4. The maximum atomic E-state index is 14.2. The standard InChI is InChI=1S/C25H24ClFN4O6/c26-18-4-1-3-14(23(18)27)10-29-25(36)19-5-2-8-31(19)21(32)12-30-11-17(24(28)35)16-7-6-15(9-20(16)30)37-13-22(33)34/h1,3-4,6-7,9,11,19H,2,5,8,10,12-13H2,(H2,28,35)(H,29,36)(H,33,34). The molecule has 3 aromatic rings. The summed E-state index contributed by atoms with van der Waals surface area (Å²) in [5.41, 5.74) is 6.37. The third kappa shape index (κ3) is 5.67. The molecule has 194 valence electrons. The first-order valence-corrected chi connectivity index (χ1v) is 11.8. The van der Waals surface area contributed by atoms with Crippen LogP contribution in [0.5, 0.6) is 5.75 Å². The third-order valence-corrected chi connectivity index (χ3v) is 6.44. The van der Waals surface area contributed by atoms with Gasteiger partial charge >= 0.3 is 5.97 Å². The number of fused-ring (bicyclic) bond motifs is 1. The van der Waals surface area contributed by atoms with Gasteiger partial charge in [-0.3, -0.25) is 14.4 Å². The van der Waals surface area contributed by atoms with Crippen LogP contribution in [-0.2, 0) is 27.5 Å². The Hall–Kier alpha value is -4.12. The Morgan fingerprint density at radius 1 is 1.22 bits per heavy atom. The molecule has 1 fully saturated rings. The lowest BCUT2D eigenvalue weighted by atomic mass is 10.1. The minimum Gasteiger partial charge on any atom is -0.482 e. The van der Waals surface area contributed by atoms with Crippen LogP contribution in [0, 0.1) is 5.82 Å². The average molecular weight is 531 g/mol. The molecule has 1 aliphatic heterocycles. The molecule has 10 nitrogen and oxygen atoms in total. The molecule has 2 heterocycles. The highest BCUT2D eigenvalue weighted by Crippen LogP contribution is 2.27. The number of hydrogen-bond donors (Lipinski definition) is 3. The fourth-order valence-electron chi connectivity index (χ4n) is 4.39. The van der Waals surface area contributed by atoms with E-state index in [1.54, 1.807) is 12.1 Å². The maximum absolute atomic E-state index is 14.2. The number of carbonyl (C=O) groups excluding carboxylic acids is 3. The fraction of sp³-hybridized carbons (Fsp3) is 0.280. The van der Waals surface area contributed by atoms with Gasteiger partial charge in [0.1, 0.15) is 24.2 Å². The van der Waals surface area contributed by atoms with Crippen molar-refractivity contribution < 1.29 is 33.4 Å². The summed E-state index contributed by atoms with van der Waals surface area (Å²) in [6.45, 7) is -0.472. The van der Waals surface area contributed by atoms with Gasteiger partial charge in [-0.2, -0.15) is 0 Å². The van der Waals surface area contributed by atoms with Crippen molar-refractivity contribution in [2.75, 3.05) is 13.2 Å². The number of rotatable bonds is 9. The van der Waals surface area contributed by atoms with Crippen molar-refractivity contribution in [2.24, 2.45) is 5.73 Å². The van der Waals surface area contributed by atoms with Gasteiger partial charge < -0.3 is 30.4 Å². The highest BCUT2D eigenvalue weighted by Gasteiger charge is 2.34. The van der Waals surface area contributed by atoms with Crippen molar-refractivity contribution in [3.63, 3.8) is 0 Å². The van der Waals surface area contributed by atoms with E-state index < -0.39 is 36.2 Å². The highest BCUT2D eigenvalue weighted by molar-refractivity contribution is 6.30. The van der Waals surface area contributed by atoms with Crippen molar-refractivity contribution in [1.29, 1.82) is 0 Å². The van der Waals surface area contributed by atoms with E-state index in [2.05, 4.69) is 5.32 Å². The van der Waals surface area contributed by atoms with Crippen LogP contribution in [0.1, 0.15) is 28.8 Å². The Morgan fingerprint density at radius 3 is 2.73 bits per heavy atom. The Morgan fingerprint density at radius 2 is 2.00 bits per heavy atom. The lowest BCUT2D eigenvalue weighted by Crippen LogP contribution is -2.46. The van der Waals surface area contributed by atoms with E-state index in [1.807, 2.05) is 0 Å². The van der Waals surface area contributed by atoms with Crippen LogP contribution in [0.2, 0.25) is 5.02 Å². The van der Waals surface area contributed by atoms with Gasteiger partial charge in [0, 0.05) is 36.3 Å². The summed E-state index contributed by atoms with van der Waals surface area (Å²) in [6, 6.07) is 8.37. The zero-order valence-corrected chi connectivity index (χ0v) is 20.3. The van der Waals surface area contributed by atoms with E-state index in [0.717, 1.165) is 0 Å². The minimum absolute atomic E-state index is 0.0461. The molecule has 1 aliphatic rings. The SMILES string of the molecule is NC(=O)c1cn(CC(=O)N2CCCC2C(=O)NCc2cccc(Cl)c2F)c2cc(OCC(=O)O)ccc12. The maximum Gasteiger partial charge on any atom is 0.341 e. The molecule has 1 atom stereocenters. The first-order chi connectivity index (χ1) is 17.7. The molecule has 0 radical (unpaired) electrons. The van der Waals surface area contributed by atoms with Gasteiger partial charge in [-0.05, 0) is 31.0 Å². The van der Waals surface area contributed by atoms with Gasteiger partial charge in [0.05, 0.1) is 16.1 Å². The molecule has 2 aromatic carbocycles. The summed E-state index contributed by atoms with van der Waals surface area (Å²) in [4.78, 5) is 50.4. The smallest absolute Gasteiger partial charge is 0.341 e. The molecule has 0 spiro atoms. The van der Waals surface area contributed by atoms with Gasteiger partial charge in [0.2, 0.25) is 11.8 Å². The number of nitrogens with one attached hydrogen (secondary N) is 1. The van der Waals surface area contributed by atoms with Crippen LogP contribution >= 0.6 is 11.6 Å². The number of benzene rings is 2. The van der Waals surface area contributed by atoms with E-state index in [0.29, 0.717) is 30.3 Å². The second-order valence-corrected chi connectivity index (χ2v) is 8.98. The largest absolute Gasteiger partial charge is 0.482 e. The number of nitrogens with zero attached hydrogens (tertiary/aromatic N) is 2. The Labute approximate surface area is 215 Å². The number of likely N-dealkylation sites (tertiary alicyclic amines) is 1. The normalized spacial score (nSPS) is 15.1. The molecule has 1 saturated heterocycles. The molecule has 1 aromatic heterocycles. The van der Waals surface area contributed by atoms with E-state index in [4.69, 9.17) is 27.2 Å². The first-order valence-electron chi connectivity index (χ1n) is 11.4. The summed E-state index contributed by atoms with van der Waals surface area (Å²) >= 11 is 5.80. The highest BCUT2D eigenvalue weighted by atomic mass is 35.5. The van der Waals surface area contributed by atoms with Crippen LogP contribution in [0.3, 0.4) is 0 Å². The van der Waals surface area contributed by atoms with Crippen molar-refractivity contribution in [2.45, 2.75) is 32.0 Å². The number of carboxylic acid groups (broad SMARTS) is 1. The number of carboxylic acids is 1. The molecule has 4 N–H and O–H groups in total. The number of amides is 3. The van der Waals surface area contributed by atoms with Crippen molar-refractivity contribution in [1.82, 2.24) is 14.8 Å². The molecule has 37 heavy (non-hydrogen) atoms. The molecule has 0 bridgehead atoms. The number of aromatic nitrogens is 1. The van der Waals surface area contributed by atoms with E-state index >= 15 is 0 Å². The molecular weight excluding hydrogens is 507 g/mol. The first kappa shape index (κ1) is 26.0. The summed E-state index contributed by atoms with van der Waals surface area (Å²) in [7, 11) is 0. The number of primary amides is 1. The summed E-state index contributed by atoms with van der Waals surface area (Å²) in [5, 5.41) is 12.0. The predicted octanol–water partition coefficient (Wildman–Crippen LogP) is 2.30. The summed E-state index contributed by atoms with van der Waals surface area (Å²) in [6.07, 6.45) is 2.50. The minimum atomic E-state index is -1.15. The second-order valence-electron chi connectivity index (χ2n) is 8.57. The van der Waals surface area contributed by atoms with Crippen molar-refractivity contribution >= 4 is 46.2 Å². The van der Waals surface area contributed by atoms with Gasteiger partial charge in [0.25, 0.3) is 5.91 Å². The Kier molecular flexibility index (Phi) is 7.63. The van der Waals surface area contributed by atoms with E-state index in [-0.39, 0.29) is 40.9 Å². The van der Waals surface area contributed by atoms with Crippen LogP contribution in [0.15, 0.2) is 42.6 Å². The van der Waals surface area contributed by atoms with Crippen LogP contribution in [-0.4, -0.2) is 57.5 Å². The number of aliphatic carboxylic acids is 1. The van der Waals surface area contributed by atoms with Crippen LogP contribution < -0.4 is 15.8 Å². The number of ether oxygens (including phenoxy) is 1. The summed E-state index contributed by atoms with van der Waals surface area (Å²) < 4.78 is 20.9. The molecule has 4 rings (SSSR count). The zero-order valence-electron chi connectivity index (χ0n) is 19.6. The molecule has 1 unspecified atom stereocenters. The predicted molar refractivity (Wildman–Crippen MR) is 132 cm³/mol. The lowest BCUT2D eigenvalue weighted by Gasteiger charge is -2.24. The second kappa shape index (κ2) is 10.9. The zero-order chi connectivity index (χ0) is 26.7. The van der Waals surface area contributed by atoms with Gasteiger partial charge in [-0.15, -0.1) is 0 Å². The van der Waals surface area contributed by atoms with Crippen molar-refractivity contribution in [3.05, 3.63) is 64.6 Å². The monoisotopic (exact) mass is 530 g/mol. The molecule has 12 heteroatoms. The average Bonchev–Trinajstić information content (AvgIpc) is 3.49. The molecule has 0 aliphatic carbocycles. The molecule has 3 amide bonds. The fourth-order valence-corrected chi connectivity index (χ4v) is 4.59.